The van der Waals surface area contributed by atoms with Crippen LogP contribution in [0.15, 0.2) is 40.7 Å². The molecule has 3 aliphatic heterocycles. The van der Waals surface area contributed by atoms with E-state index >= 15 is 0 Å². The molecule has 2 fully saturated rings. The molecule has 2 saturated heterocycles. The maximum atomic E-state index is 13.6. The van der Waals surface area contributed by atoms with Gasteiger partial charge in [-0.2, -0.15) is 0 Å². The molecule has 0 N–H and O–H groups in total. The number of aromatic nitrogens is 1. The van der Waals surface area contributed by atoms with Crippen LogP contribution in [-0.4, -0.2) is 63.4 Å². The average molecular weight is 616 g/mol. The van der Waals surface area contributed by atoms with E-state index in [1.165, 1.54) is 0 Å². The summed E-state index contributed by atoms with van der Waals surface area (Å²) in [7, 11) is 1.92. The number of hydrogen-bond donors (Lipinski definition) is 0. The van der Waals surface area contributed by atoms with Gasteiger partial charge in [-0.15, -0.1) is 0 Å². The molecule has 3 atom stereocenters. The molecule has 35 heavy (non-hydrogen) atoms. The van der Waals surface area contributed by atoms with Crippen molar-refractivity contribution in [2.24, 2.45) is 13.0 Å². The minimum Gasteiger partial charge on any atom is -1.00 e. The van der Waals surface area contributed by atoms with Crippen molar-refractivity contribution in [3.05, 3.63) is 35.8 Å². The number of rotatable bonds is 3. The fraction of sp³-hybridized carbons (Fsp3) is 0.600. The van der Waals surface area contributed by atoms with Crippen LogP contribution in [0.25, 0.3) is 0 Å². The molecule has 1 unspecified atom stereocenters. The van der Waals surface area contributed by atoms with Crippen LogP contribution in [0.3, 0.4) is 0 Å². The van der Waals surface area contributed by atoms with E-state index in [4.69, 9.17) is 9.47 Å². The van der Waals surface area contributed by atoms with E-state index in [1.54, 1.807) is 4.90 Å². The number of ether oxygens (including phenoxy) is 2. The zero-order chi connectivity index (χ0) is 25.0. The number of halogens is 1. The Hall–Kier alpha value is -1.82. The van der Waals surface area contributed by atoms with E-state index in [9.17, 15) is 14.4 Å². The molecule has 10 heteroatoms. The van der Waals surface area contributed by atoms with Crippen LogP contribution < -0.4 is 28.5 Å². The van der Waals surface area contributed by atoms with Gasteiger partial charge >= 0.3 is 12.1 Å². The van der Waals surface area contributed by atoms with Crippen LogP contribution in [0.2, 0.25) is 0 Å². The van der Waals surface area contributed by atoms with Crippen molar-refractivity contribution >= 4 is 28.9 Å². The second-order valence-corrected chi connectivity index (χ2v) is 12.2. The van der Waals surface area contributed by atoms with Gasteiger partial charge < -0.3 is 43.3 Å². The molecule has 0 bridgehead atoms. The number of carbonyl (C=O) groups excluding carboxylic acids is 3. The predicted molar refractivity (Wildman–Crippen MR) is 127 cm³/mol. The lowest BCUT2D eigenvalue weighted by Crippen LogP contribution is -3.00. The Morgan fingerprint density at radius 3 is 2.20 bits per heavy atom. The predicted octanol–water partition coefficient (Wildman–Crippen LogP) is 0.0530. The number of carbonyl (C=O) groups is 3. The summed E-state index contributed by atoms with van der Waals surface area (Å²) < 4.78 is 13.2. The molecular formula is C25H34IN3O5S. The SMILES string of the molecule is C[n+]1ccc(SC(=O)C2=C(C(=O)OC(C)(C)C)N3C[C@H]4[C@H]3C2CCN4C(=O)OC(C)(C)C)cc1.[I-]. The Labute approximate surface area is 228 Å². The minimum atomic E-state index is -0.680. The van der Waals surface area contributed by atoms with Gasteiger partial charge in [-0.3, -0.25) is 4.79 Å². The number of aryl methyl sites for hydroxylation is 1. The fourth-order valence-electron chi connectivity index (χ4n) is 4.84. The van der Waals surface area contributed by atoms with Gasteiger partial charge in [0, 0.05) is 41.6 Å². The minimum absolute atomic E-state index is 0. The molecule has 0 aromatic carbocycles. The summed E-state index contributed by atoms with van der Waals surface area (Å²) in [4.78, 5) is 44.2. The summed E-state index contributed by atoms with van der Waals surface area (Å²) in [5, 5.41) is -0.140. The van der Waals surface area contributed by atoms with Crippen LogP contribution in [0.5, 0.6) is 0 Å². The number of piperidine rings is 1. The summed E-state index contributed by atoms with van der Waals surface area (Å²) in [6.45, 7) is 12.0. The van der Waals surface area contributed by atoms with Crippen molar-refractivity contribution in [1.29, 1.82) is 0 Å². The van der Waals surface area contributed by atoms with Gasteiger partial charge in [-0.1, -0.05) is 0 Å². The van der Waals surface area contributed by atoms with Crippen LogP contribution in [0, 0.1) is 5.92 Å². The van der Waals surface area contributed by atoms with E-state index < -0.39 is 17.2 Å². The van der Waals surface area contributed by atoms with Crippen LogP contribution >= 0.6 is 11.8 Å². The third kappa shape index (κ3) is 5.79. The van der Waals surface area contributed by atoms with Crippen molar-refractivity contribution in [3.8, 4) is 0 Å². The van der Waals surface area contributed by atoms with Gasteiger partial charge in [-0.05, 0) is 59.7 Å². The zero-order valence-corrected chi connectivity index (χ0v) is 24.3. The Bertz CT molecular complexity index is 1040. The maximum absolute atomic E-state index is 13.6. The number of thioether (sulfide) groups is 1. The van der Waals surface area contributed by atoms with E-state index in [0.717, 1.165) is 16.7 Å². The van der Waals surface area contributed by atoms with Gasteiger partial charge in [0.1, 0.15) is 23.9 Å². The third-order valence-corrected chi connectivity index (χ3v) is 7.06. The standard InChI is InChI=1S/C25H34N3O5S.HI/c1-24(2,3)32-21(29)20-18(22(30)34-15-8-11-26(7)12-9-15)16-10-13-27(17-14-28(20)19(16)17)23(31)33-25(4,5)6;/h8-9,11-12,16-17,19H,10,13-14H2,1-7H3;1H/q+1;/p-1/t16?,17-,19+;/m0./s1. The molecule has 0 spiro atoms. The summed E-state index contributed by atoms with van der Waals surface area (Å²) >= 11 is 1.13. The van der Waals surface area contributed by atoms with Crippen molar-refractivity contribution in [3.63, 3.8) is 0 Å². The lowest BCUT2D eigenvalue weighted by atomic mass is 9.79. The van der Waals surface area contributed by atoms with Gasteiger partial charge in [0.25, 0.3) is 0 Å². The Kier molecular flexibility index (Phi) is 7.86. The van der Waals surface area contributed by atoms with Crippen LogP contribution in [0.4, 0.5) is 4.79 Å². The molecule has 0 aliphatic carbocycles. The average Bonchev–Trinajstić information content (AvgIpc) is 2.97. The van der Waals surface area contributed by atoms with E-state index in [1.807, 2.05) is 82.6 Å². The summed E-state index contributed by atoms with van der Waals surface area (Å²) in [6.07, 6.45) is 4.02. The number of likely N-dealkylation sites (tertiary alicyclic amines) is 1. The van der Waals surface area contributed by atoms with Gasteiger partial charge in [-0.25, -0.2) is 14.2 Å². The van der Waals surface area contributed by atoms with Gasteiger partial charge in [0.2, 0.25) is 5.12 Å². The van der Waals surface area contributed by atoms with Gasteiger partial charge in [0.15, 0.2) is 12.4 Å². The lowest BCUT2D eigenvalue weighted by Gasteiger charge is -2.55. The molecule has 0 saturated carbocycles. The van der Waals surface area contributed by atoms with E-state index in [0.29, 0.717) is 30.8 Å². The number of pyridine rings is 1. The molecule has 4 heterocycles. The van der Waals surface area contributed by atoms with Crippen molar-refractivity contribution in [2.75, 3.05) is 13.1 Å². The number of amides is 1. The van der Waals surface area contributed by atoms with Crippen molar-refractivity contribution < 1.29 is 52.4 Å². The highest BCUT2D eigenvalue weighted by Gasteiger charge is 2.60. The first kappa shape index (κ1) is 27.8. The highest BCUT2D eigenvalue weighted by molar-refractivity contribution is 8.14. The van der Waals surface area contributed by atoms with Gasteiger partial charge in [0.05, 0.1) is 12.1 Å². The first-order chi connectivity index (χ1) is 15.7. The monoisotopic (exact) mass is 615 g/mol. The molecule has 1 aromatic heterocycles. The summed E-state index contributed by atoms with van der Waals surface area (Å²) in [5.74, 6) is -0.604. The largest absolute Gasteiger partial charge is 1.00 e. The van der Waals surface area contributed by atoms with Crippen LogP contribution in [-0.2, 0) is 26.1 Å². The Morgan fingerprint density at radius 2 is 1.63 bits per heavy atom. The molecule has 192 valence electrons. The fourth-order valence-corrected chi connectivity index (χ4v) is 5.67. The topological polar surface area (TPSA) is 80.0 Å². The smallest absolute Gasteiger partial charge is 0.410 e. The second-order valence-electron chi connectivity index (χ2n) is 11.1. The molecule has 3 aliphatic rings. The zero-order valence-electron chi connectivity index (χ0n) is 21.3. The molecular weight excluding hydrogens is 581 g/mol. The first-order valence-electron chi connectivity index (χ1n) is 11.7. The van der Waals surface area contributed by atoms with E-state index in [-0.39, 0.29) is 53.2 Å². The summed E-state index contributed by atoms with van der Waals surface area (Å²) in [6, 6.07) is 3.55. The van der Waals surface area contributed by atoms with Crippen molar-refractivity contribution in [1.82, 2.24) is 9.80 Å². The molecule has 4 rings (SSSR count). The maximum Gasteiger partial charge on any atom is 0.410 e. The molecule has 1 amide bonds. The molecule has 8 nitrogen and oxygen atoms in total. The Morgan fingerprint density at radius 1 is 1.03 bits per heavy atom. The van der Waals surface area contributed by atoms with Crippen LogP contribution in [0.1, 0.15) is 48.0 Å². The second kappa shape index (κ2) is 9.91. The number of hydrogen-bond acceptors (Lipinski definition) is 7. The van der Waals surface area contributed by atoms with Crippen molar-refractivity contribution in [2.45, 2.75) is 76.1 Å². The number of nitrogens with zero attached hydrogens (tertiary/aromatic N) is 3. The lowest BCUT2D eigenvalue weighted by molar-refractivity contribution is -0.671. The molecule has 0 radical (unpaired) electrons. The number of esters is 1. The summed E-state index contributed by atoms with van der Waals surface area (Å²) in [5.41, 5.74) is -0.396. The highest BCUT2D eigenvalue weighted by Crippen LogP contribution is 2.50. The highest BCUT2D eigenvalue weighted by atomic mass is 127. The van der Waals surface area contributed by atoms with E-state index in [2.05, 4.69) is 0 Å². The quantitative estimate of drug-likeness (QED) is 0.206. The first-order valence-corrected chi connectivity index (χ1v) is 12.5. The Balaban J connectivity index is 0.00000342. The normalized spacial score (nSPS) is 23.2. The molecule has 1 aromatic rings. The third-order valence-electron chi connectivity index (χ3n) is 6.14.